The van der Waals surface area contributed by atoms with Gasteiger partial charge in [-0.25, -0.2) is 9.37 Å². The van der Waals surface area contributed by atoms with Gasteiger partial charge in [-0.05, 0) is 35.9 Å². The zero-order chi connectivity index (χ0) is 18.1. The molecule has 1 aliphatic heterocycles. The molecule has 26 heavy (non-hydrogen) atoms. The van der Waals surface area contributed by atoms with Crippen LogP contribution in [0, 0.1) is 5.95 Å². The van der Waals surface area contributed by atoms with Crippen molar-refractivity contribution in [2.75, 3.05) is 19.6 Å². The standard InChI is InChI=1S/C21H22F2N2S/c1-14(16-6-4-10-24-21(16)23)20-17-5-2-3-7-18(17)26-19(20)9-12-25-11-8-15(22)13-25/h2-7,10,14-15H,8-9,11-13H2,1H3. The van der Waals surface area contributed by atoms with Gasteiger partial charge in [0.15, 0.2) is 0 Å². The zero-order valence-corrected chi connectivity index (χ0v) is 15.6. The number of alkyl halides is 1. The SMILES string of the molecule is CC(c1cccnc1F)c1c(CCN2CCC(F)C2)sc2ccccc12. The van der Waals surface area contributed by atoms with E-state index in [2.05, 4.69) is 22.0 Å². The summed E-state index contributed by atoms with van der Waals surface area (Å²) in [6, 6.07) is 11.9. The number of pyridine rings is 1. The van der Waals surface area contributed by atoms with Gasteiger partial charge < -0.3 is 0 Å². The lowest BCUT2D eigenvalue weighted by atomic mass is 9.91. The van der Waals surface area contributed by atoms with E-state index in [4.69, 9.17) is 0 Å². The Morgan fingerprint density at radius 3 is 2.88 bits per heavy atom. The van der Waals surface area contributed by atoms with Gasteiger partial charge in [-0.15, -0.1) is 11.3 Å². The molecule has 3 aromatic rings. The second-order valence-electron chi connectivity index (χ2n) is 6.98. The number of aromatic nitrogens is 1. The molecule has 2 aromatic heterocycles. The number of fused-ring (bicyclic) bond motifs is 1. The van der Waals surface area contributed by atoms with E-state index in [0.717, 1.165) is 19.5 Å². The first-order valence-electron chi connectivity index (χ1n) is 9.10. The average Bonchev–Trinajstić information content (AvgIpc) is 3.22. The van der Waals surface area contributed by atoms with E-state index in [1.165, 1.54) is 26.7 Å². The quantitative estimate of drug-likeness (QED) is 0.574. The maximum absolute atomic E-state index is 14.3. The Morgan fingerprint density at radius 1 is 1.27 bits per heavy atom. The lowest BCUT2D eigenvalue weighted by Gasteiger charge is -2.17. The highest BCUT2D eigenvalue weighted by Crippen LogP contribution is 2.39. The molecular formula is C21H22F2N2S. The molecule has 136 valence electrons. The highest BCUT2D eigenvalue weighted by atomic mass is 32.1. The first kappa shape index (κ1) is 17.6. The van der Waals surface area contributed by atoms with E-state index in [-0.39, 0.29) is 5.92 Å². The highest BCUT2D eigenvalue weighted by molar-refractivity contribution is 7.19. The van der Waals surface area contributed by atoms with Crippen molar-refractivity contribution in [1.29, 1.82) is 0 Å². The second-order valence-corrected chi connectivity index (χ2v) is 8.11. The fourth-order valence-corrected chi connectivity index (χ4v) is 5.19. The van der Waals surface area contributed by atoms with Crippen LogP contribution in [0.2, 0.25) is 0 Å². The topological polar surface area (TPSA) is 16.1 Å². The molecule has 1 aliphatic rings. The van der Waals surface area contributed by atoms with Gasteiger partial charge in [0.1, 0.15) is 6.17 Å². The third-order valence-electron chi connectivity index (χ3n) is 5.27. The molecule has 4 rings (SSSR count). The van der Waals surface area contributed by atoms with Crippen molar-refractivity contribution in [3.63, 3.8) is 0 Å². The van der Waals surface area contributed by atoms with Crippen molar-refractivity contribution < 1.29 is 8.78 Å². The van der Waals surface area contributed by atoms with Gasteiger partial charge in [0.05, 0.1) is 0 Å². The van der Waals surface area contributed by atoms with E-state index < -0.39 is 12.1 Å². The van der Waals surface area contributed by atoms with Crippen LogP contribution >= 0.6 is 11.3 Å². The molecule has 1 saturated heterocycles. The molecule has 0 aliphatic carbocycles. The van der Waals surface area contributed by atoms with Crippen LogP contribution in [0.1, 0.15) is 35.3 Å². The minimum absolute atomic E-state index is 0.0673. The summed E-state index contributed by atoms with van der Waals surface area (Å²) in [5, 5.41) is 1.19. The van der Waals surface area contributed by atoms with Crippen molar-refractivity contribution in [1.82, 2.24) is 9.88 Å². The van der Waals surface area contributed by atoms with Crippen LogP contribution in [-0.2, 0) is 6.42 Å². The molecule has 3 heterocycles. The summed E-state index contributed by atoms with van der Waals surface area (Å²) in [4.78, 5) is 7.28. The van der Waals surface area contributed by atoms with Gasteiger partial charge >= 0.3 is 0 Å². The van der Waals surface area contributed by atoms with Crippen LogP contribution in [-0.4, -0.2) is 35.7 Å². The van der Waals surface area contributed by atoms with Crippen LogP contribution in [0.25, 0.3) is 10.1 Å². The number of nitrogens with zero attached hydrogens (tertiary/aromatic N) is 2. The van der Waals surface area contributed by atoms with Crippen LogP contribution in [0.3, 0.4) is 0 Å². The molecule has 5 heteroatoms. The summed E-state index contributed by atoms with van der Waals surface area (Å²) in [7, 11) is 0. The Hall–Kier alpha value is -1.85. The highest BCUT2D eigenvalue weighted by Gasteiger charge is 2.24. The lowest BCUT2D eigenvalue weighted by Crippen LogP contribution is -2.23. The number of hydrogen-bond donors (Lipinski definition) is 0. The van der Waals surface area contributed by atoms with Crippen molar-refractivity contribution in [2.45, 2.75) is 31.9 Å². The number of halogens is 2. The predicted molar refractivity (Wildman–Crippen MR) is 103 cm³/mol. The van der Waals surface area contributed by atoms with Crippen LogP contribution in [0.15, 0.2) is 42.6 Å². The Morgan fingerprint density at radius 2 is 2.12 bits per heavy atom. The third kappa shape index (κ3) is 3.38. The minimum atomic E-state index is -0.694. The largest absolute Gasteiger partial charge is 0.300 e. The maximum atomic E-state index is 14.3. The predicted octanol–water partition coefficient (Wildman–Crippen LogP) is 5.17. The van der Waals surface area contributed by atoms with E-state index >= 15 is 0 Å². The summed E-state index contributed by atoms with van der Waals surface area (Å²) in [6.45, 7) is 4.26. The fourth-order valence-electron chi connectivity index (χ4n) is 3.90. The first-order chi connectivity index (χ1) is 12.6. The van der Waals surface area contributed by atoms with Gasteiger partial charge in [0, 0.05) is 46.9 Å². The molecular weight excluding hydrogens is 350 g/mol. The van der Waals surface area contributed by atoms with E-state index in [1.54, 1.807) is 17.4 Å². The smallest absolute Gasteiger partial charge is 0.216 e. The molecule has 2 nitrogen and oxygen atoms in total. The molecule has 0 spiro atoms. The number of benzene rings is 1. The van der Waals surface area contributed by atoms with Gasteiger partial charge in [-0.3, -0.25) is 4.90 Å². The van der Waals surface area contributed by atoms with Gasteiger partial charge in [-0.2, -0.15) is 4.39 Å². The van der Waals surface area contributed by atoms with Gasteiger partial charge in [0.25, 0.3) is 0 Å². The van der Waals surface area contributed by atoms with Crippen molar-refractivity contribution in [3.8, 4) is 0 Å². The normalized spacial score (nSPS) is 19.3. The van der Waals surface area contributed by atoms with Gasteiger partial charge in [0.2, 0.25) is 5.95 Å². The zero-order valence-electron chi connectivity index (χ0n) is 14.8. The average molecular weight is 372 g/mol. The van der Waals surface area contributed by atoms with Crippen LogP contribution in [0.4, 0.5) is 8.78 Å². The fraction of sp³-hybridized carbons (Fsp3) is 0.381. The third-order valence-corrected chi connectivity index (χ3v) is 6.51. The van der Waals surface area contributed by atoms with E-state index in [0.29, 0.717) is 18.5 Å². The van der Waals surface area contributed by atoms with E-state index in [1.807, 2.05) is 25.1 Å². The molecule has 1 aromatic carbocycles. The first-order valence-corrected chi connectivity index (χ1v) is 9.92. The summed E-state index contributed by atoms with van der Waals surface area (Å²) in [5.74, 6) is -0.469. The second kappa shape index (κ2) is 7.41. The van der Waals surface area contributed by atoms with Crippen molar-refractivity contribution in [3.05, 3.63) is 64.5 Å². The molecule has 0 radical (unpaired) electrons. The molecule has 1 fully saturated rings. The Balaban J connectivity index is 1.68. The molecule has 0 bridgehead atoms. The molecule has 0 saturated carbocycles. The Kier molecular flexibility index (Phi) is 5.00. The van der Waals surface area contributed by atoms with Crippen molar-refractivity contribution >= 4 is 21.4 Å². The van der Waals surface area contributed by atoms with Crippen LogP contribution in [0.5, 0.6) is 0 Å². The summed E-state index contributed by atoms with van der Waals surface area (Å²) in [5.41, 5.74) is 1.82. The molecule has 0 N–H and O–H groups in total. The molecule has 2 atom stereocenters. The number of hydrogen-bond acceptors (Lipinski definition) is 3. The number of likely N-dealkylation sites (tertiary alicyclic amines) is 1. The summed E-state index contributed by atoms with van der Waals surface area (Å²) in [6.07, 6.45) is 2.30. The number of thiophene rings is 1. The van der Waals surface area contributed by atoms with E-state index in [9.17, 15) is 8.78 Å². The molecule has 2 unspecified atom stereocenters. The maximum Gasteiger partial charge on any atom is 0.216 e. The number of rotatable bonds is 5. The van der Waals surface area contributed by atoms with Crippen LogP contribution < -0.4 is 0 Å². The minimum Gasteiger partial charge on any atom is -0.300 e. The van der Waals surface area contributed by atoms with Crippen molar-refractivity contribution in [2.24, 2.45) is 0 Å². The van der Waals surface area contributed by atoms with Gasteiger partial charge in [-0.1, -0.05) is 31.2 Å². The summed E-state index contributed by atoms with van der Waals surface area (Å²) >= 11 is 1.77. The Labute approximate surface area is 156 Å². The monoisotopic (exact) mass is 372 g/mol. The molecule has 0 amide bonds. The lowest BCUT2D eigenvalue weighted by molar-refractivity contribution is 0.290. The summed E-state index contributed by atoms with van der Waals surface area (Å²) < 4.78 is 29.0. The Bertz CT molecular complexity index is 908.